The van der Waals surface area contributed by atoms with Gasteiger partial charge in [-0.15, -0.1) is 0 Å². The summed E-state index contributed by atoms with van der Waals surface area (Å²) in [5.74, 6) is 1.21. The van der Waals surface area contributed by atoms with Gasteiger partial charge in [-0.2, -0.15) is 18.3 Å². The Kier molecular flexibility index (Phi) is 5.34. The van der Waals surface area contributed by atoms with E-state index in [0.717, 1.165) is 18.0 Å². The van der Waals surface area contributed by atoms with Gasteiger partial charge in [0.1, 0.15) is 24.8 Å². The van der Waals surface area contributed by atoms with E-state index in [-0.39, 0.29) is 12.3 Å². The number of anilines is 1. The van der Waals surface area contributed by atoms with Crippen LogP contribution in [0.15, 0.2) is 49.3 Å². The maximum Gasteiger partial charge on any atom is 0.416 e. The van der Waals surface area contributed by atoms with Crippen molar-refractivity contribution in [2.75, 3.05) is 31.1 Å². The zero-order chi connectivity index (χ0) is 21.1. The minimum absolute atomic E-state index is 0.0715. The number of nitrogens with zero attached hydrogens (tertiary/aromatic N) is 7. The van der Waals surface area contributed by atoms with E-state index in [1.807, 2.05) is 4.90 Å². The van der Waals surface area contributed by atoms with Crippen LogP contribution in [-0.4, -0.2) is 61.7 Å². The van der Waals surface area contributed by atoms with E-state index < -0.39 is 11.7 Å². The molecule has 0 N–H and O–H groups in total. The summed E-state index contributed by atoms with van der Waals surface area (Å²) in [7, 11) is 0. The molecule has 1 saturated heterocycles. The fourth-order valence-electron chi connectivity index (χ4n) is 3.24. The van der Waals surface area contributed by atoms with Gasteiger partial charge in [0.15, 0.2) is 5.82 Å². The first-order valence-electron chi connectivity index (χ1n) is 9.26. The number of benzene rings is 1. The molecule has 1 amide bonds. The lowest BCUT2D eigenvalue weighted by Crippen LogP contribution is -2.49. The van der Waals surface area contributed by atoms with Gasteiger partial charge < -0.3 is 9.80 Å². The maximum absolute atomic E-state index is 12.7. The minimum Gasteiger partial charge on any atom is -0.353 e. The number of hydrogen-bond donors (Lipinski definition) is 0. The number of aromatic nitrogens is 5. The number of halogens is 3. The van der Waals surface area contributed by atoms with Crippen molar-refractivity contribution in [3.8, 4) is 5.82 Å². The Hall–Kier alpha value is -3.50. The first kappa shape index (κ1) is 19.8. The molecule has 3 heterocycles. The second-order valence-electron chi connectivity index (χ2n) is 6.81. The summed E-state index contributed by atoms with van der Waals surface area (Å²) in [5.41, 5.74) is -0.161. The number of rotatable bonds is 4. The van der Waals surface area contributed by atoms with Crippen LogP contribution in [0.4, 0.5) is 19.0 Å². The molecule has 1 fully saturated rings. The van der Waals surface area contributed by atoms with Crippen LogP contribution in [0.3, 0.4) is 0 Å². The third kappa shape index (κ3) is 4.39. The van der Waals surface area contributed by atoms with E-state index in [4.69, 9.17) is 0 Å². The van der Waals surface area contributed by atoms with Crippen LogP contribution in [0.5, 0.6) is 0 Å². The van der Waals surface area contributed by atoms with Gasteiger partial charge >= 0.3 is 6.18 Å². The highest BCUT2D eigenvalue weighted by atomic mass is 19.4. The molecule has 0 spiro atoms. The van der Waals surface area contributed by atoms with Crippen LogP contribution in [-0.2, 0) is 17.4 Å². The zero-order valence-corrected chi connectivity index (χ0v) is 15.8. The molecule has 3 aromatic rings. The summed E-state index contributed by atoms with van der Waals surface area (Å²) in [6.45, 7) is 2.18. The lowest BCUT2D eigenvalue weighted by molar-refractivity contribution is -0.137. The van der Waals surface area contributed by atoms with Gasteiger partial charge in [0.05, 0.1) is 12.0 Å². The Bertz CT molecular complexity index is 998. The van der Waals surface area contributed by atoms with Crippen molar-refractivity contribution in [2.45, 2.75) is 12.6 Å². The van der Waals surface area contributed by atoms with E-state index in [0.29, 0.717) is 37.6 Å². The lowest BCUT2D eigenvalue weighted by Gasteiger charge is -2.35. The Labute approximate surface area is 170 Å². The minimum atomic E-state index is -4.38. The van der Waals surface area contributed by atoms with Crippen LogP contribution < -0.4 is 4.90 Å². The molecule has 4 rings (SSSR count). The van der Waals surface area contributed by atoms with Crippen molar-refractivity contribution in [1.29, 1.82) is 0 Å². The molecule has 1 aromatic carbocycles. The maximum atomic E-state index is 12.7. The molecule has 0 radical (unpaired) electrons. The SMILES string of the molecule is O=C(Cc1ccc(C(F)(F)F)cc1)N1CCN(c2cc(-n3cncn3)ncn2)CC1. The fraction of sp³-hybridized carbons (Fsp3) is 0.316. The van der Waals surface area contributed by atoms with Crippen molar-refractivity contribution in [3.63, 3.8) is 0 Å². The Morgan fingerprint density at radius 2 is 1.67 bits per heavy atom. The molecule has 0 saturated carbocycles. The number of carbonyl (C=O) groups is 1. The summed E-state index contributed by atoms with van der Waals surface area (Å²) in [6, 6.07) is 6.51. The molecule has 30 heavy (non-hydrogen) atoms. The average molecular weight is 417 g/mol. The molecule has 0 unspecified atom stereocenters. The second kappa shape index (κ2) is 8.09. The third-order valence-corrected chi connectivity index (χ3v) is 4.88. The van der Waals surface area contributed by atoms with Gasteiger partial charge in [-0.3, -0.25) is 4.79 Å². The summed E-state index contributed by atoms with van der Waals surface area (Å²) < 4.78 is 39.5. The first-order valence-corrected chi connectivity index (χ1v) is 9.26. The van der Waals surface area contributed by atoms with Gasteiger partial charge in [0.25, 0.3) is 0 Å². The summed E-state index contributed by atoms with van der Waals surface area (Å²) >= 11 is 0. The molecule has 0 bridgehead atoms. The molecule has 156 valence electrons. The quantitative estimate of drug-likeness (QED) is 0.646. The fourth-order valence-corrected chi connectivity index (χ4v) is 3.24. The van der Waals surface area contributed by atoms with Gasteiger partial charge in [0, 0.05) is 32.2 Å². The predicted octanol–water partition coefficient (Wildman–Crippen LogP) is 1.97. The molecule has 8 nitrogen and oxygen atoms in total. The van der Waals surface area contributed by atoms with Crippen molar-refractivity contribution >= 4 is 11.7 Å². The highest BCUT2D eigenvalue weighted by Gasteiger charge is 2.30. The third-order valence-electron chi connectivity index (χ3n) is 4.88. The predicted molar refractivity (Wildman–Crippen MR) is 101 cm³/mol. The topological polar surface area (TPSA) is 80.0 Å². The molecular formula is C19H18F3N7O. The van der Waals surface area contributed by atoms with Crippen LogP contribution >= 0.6 is 0 Å². The number of amides is 1. The summed E-state index contributed by atoms with van der Waals surface area (Å²) in [6.07, 6.45) is 0.108. The molecule has 2 aromatic heterocycles. The summed E-state index contributed by atoms with van der Waals surface area (Å²) in [4.78, 5) is 28.7. The highest BCUT2D eigenvalue weighted by molar-refractivity contribution is 5.79. The van der Waals surface area contributed by atoms with Crippen molar-refractivity contribution in [1.82, 2.24) is 29.6 Å². The van der Waals surface area contributed by atoms with Crippen LogP contribution in [0.2, 0.25) is 0 Å². The van der Waals surface area contributed by atoms with Gasteiger partial charge in [-0.25, -0.2) is 19.6 Å². The number of piperazine rings is 1. The van der Waals surface area contributed by atoms with Crippen LogP contribution in [0.25, 0.3) is 5.82 Å². The standard InChI is InChI=1S/C19H18F3N7O/c20-19(21,22)15-3-1-14(2-4-15)9-18(30)28-7-5-27(6-8-28)16-10-17(25-12-24-16)29-13-23-11-26-29/h1-4,10-13H,5-9H2. The summed E-state index contributed by atoms with van der Waals surface area (Å²) in [5, 5.41) is 4.05. The number of carbonyl (C=O) groups excluding carboxylic acids is 1. The first-order chi connectivity index (χ1) is 14.4. The Morgan fingerprint density at radius 3 is 2.30 bits per heavy atom. The Balaban J connectivity index is 1.34. The Morgan fingerprint density at radius 1 is 0.967 bits per heavy atom. The average Bonchev–Trinajstić information content (AvgIpc) is 3.29. The second-order valence-corrected chi connectivity index (χ2v) is 6.81. The lowest BCUT2D eigenvalue weighted by atomic mass is 10.1. The van der Waals surface area contributed by atoms with Crippen molar-refractivity contribution in [3.05, 3.63) is 60.4 Å². The van der Waals surface area contributed by atoms with E-state index in [1.54, 1.807) is 17.3 Å². The normalized spacial score (nSPS) is 14.8. The molecule has 1 aliphatic heterocycles. The van der Waals surface area contributed by atoms with Crippen LogP contribution in [0.1, 0.15) is 11.1 Å². The molecule has 11 heteroatoms. The number of hydrogen-bond acceptors (Lipinski definition) is 6. The van der Waals surface area contributed by atoms with Crippen molar-refractivity contribution in [2.24, 2.45) is 0 Å². The van der Waals surface area contributed by atoms with Crippen LogP contribution in [0, 0.1) is 0 Å². The molecular weight excluding hydrogens is 399 g/mol. The van der Waals surface area contributed by atoms with Crippen molar-refractivity contribution < 1.29 is 18.0 Å². The molecule has 0 atom stereocenters. The van der Waals surface area contributed by atoms with Gasteiger partial charge in [-0.1, -0.05) is 12.1 Å². The van der Waals surface area contributed by atoms with Gasteiger partial charge in [-0.05, 0) is 17.7 Å². The van der Waals surface area contributed by atoms with E-state index >= 15 is 0 Å². The number of alkyl halides is 3. The molecule has 1 aliphatic rings. The van der Waals surface area contributed by atoms with E-state index in [1.165, 1.54) is 29.5 Å². The van der Waals surface area contributed by atoms with E-state index in [9.17, 15) is 18.0 Å². The smallest absolute Gasteiger partial charge is 0.353 e. The zero-order valence-electron chi connectivity index (χ0n) is 15.8. The van der Waals surface area contributed by atoms with Gasteiger partial charge in [0.2, 0.25) is 5.91 Å². The monoisotopic (exact) mass is 417 g/mol. The highest BCUT2D eigenvalue weighted by Crippen LogP contribution is 2.29. The molecule has 0 aliphatic carbocycles. The largest absolute Gasteiger partial charge is 0.416 e. The van der Waals surface area contributed by atoms with E-state index in [2.05, 4.69) is 20.1 Å².